The highest BCUT2D eigenvalue weighted by molar-refractivity contribution is 9.10. The quantitative estimate of drug-likeness (QED) is 0.794. The number of rotatable bonds is 3. The Morgan fingerprint density at radius 1 is 1.61 bits per heavy atom. The zero-order chi connectivity index (χ0) is 13.1. The fraction of sp³-hybridized carbons (Fsp3) is 0.462. The molecule has 18 heavy (non-hydrogen) atoms. The van der Waals surface area contributed by atoms with E-state index < -0.39 is 0 Å². The second-order valence-electron chi connectivity index (χ2n) is 4.27. The fourth-order valence-electron chi connectivity index (χ4n) is 2.43. The van der Waals surface area contributed by atoms with Crippen LogP contribution in [0.15, 0.2) is 22.7 Å². The van der Waals surface area contributed by atoms with E-state index in [4.69, 9.17) is 16.3 Å². The SMILES string of the molecule is COc1ccc(Br)cc1C1CCCN1C(=O)CCl. The topological polar surface area (TPSA) is 29.5 Å². The van der Waals surface area contributed by atoms with E-state index in [-0.39, 0.29) is 17.8 Å². The smallest absolute Gasteiger partial charge is 0.238 e. The van der Waals surface area contributed by atoms with Crippen LogP contribution in [0.25, 0.3) is 0 Å². The third-order valence-electron chi connectivity index (χ3n) is 3.24. The molecule has 1 unspecified atom stereocenters. The van der Waals surface area contributed by atoms with Crippen LogP contribution >= 0.6 is 27.5 Å². The number of carbonyl (C=O) groups excluding carboxylic acids is 1. The summed E-state index contributed by atoms with van der Waals surface area (Å²) in [4.78, 5) is 13.7. The average molecular weight is 333 g/mol. The van der Waals surface area contributed by atoms with Gasteiger partial charge in [0.05, 0.1) is 13.2 Å². The van der Waals surface area contributed by atoms with Gasteiger partial charge in [0.2, 0.25) is 5.91 Å². The van der Waals surface area contributed by atoms with Crippen LogP contribution in [0.1, 0.15) is 24.4 Å². The van der Waals surface area contributed by atoms with Gasteiger partial charge in [0.25, 0.3) is 0 Å². The molecule has 0 bridgehead atoms. The number of benzene rings is 1. The van der Waals surface area contributed by atoms with Crippen LogP contribution in [0.5, 0.6) is 5.75 Å². The van der Waals surface area contributed by atoms with E-state index in [1.807, 2.05) is 23.1 Å². The highest BCUT2D eigenvalue weighted by Gasteiger charge is 2.31. The molecule has 1 heterocycles. The van der Waals surface area contributed by atoms with Crippen molar-refractivity contribution in [2.45, 2.75) is 18.9 Å². The Labute approximate surface area is 120 Å². The second kappa shape index (κ2) is 5.93. The number of halogens is 2. The molecule has 0 spiro atoms. The lowest BCUT2D eigenvalue weighted by atomic mass is 10.0. The number of alkyl halides is 1. The molecule has 1 atom stereocenters. The average Bonchev–Trinajstić information content (AvgIpc) is 2.86. The van der Waals surface area contributed by atoms with Crippen molar-refractivity contribution in [3.05, 3.63) is 28.2 Å². The molecule has 2 rings (SSSR count). The van der Waals surface area contributed by atoms with E-state index in [0.29, 0.717) is 0 Å². The van der Waals surface area contributed by atoms with Gasteiger partial charge in [-0.15, -0.1) is 11.6 Å². The summed E-state index contributed by atoms with van der Waals surface area (Å²) in [6, 6.07) is 5.94. The molecule has 0 radical (unpaired) electrons. The van der Waals surface area contributed by atoms with Gasteiger partial charge in [-0.2, -0.15) is 0 Å². The minimum atomic E-state index is -0.0128. The molecule has 1 aliphatic rings. The van der Waals surface area contributed by atoms with Crippen molar-refractivity contribution in [1.29, 1.82) is 0 Å². The minimum Gasteiger partial charge on any atom is -0.496 e. The van der Waals surface area contributed by atoms with Crippen molar-refractivity contribution >= 4 is 33.4 Å². The maximum atomic E-state index is 11.8. The molecule has 1 saturated heterocycles. The Morgan fingerprint density at radius 2 is 2.39 bits per heavy atom. The van der Waals surface area contributed by atoms with Crippen molar-refractivity contribution in [1.82, 2.24) is 4.90 Å². The minimum absolute atomic E-state index is 0.0128. The number of hydrogen-bond donors (Lipinski definition) is 0. The summed E-state index contributed by atoms with van der Waals surface area (Å²) in [5.41, 5.74) is 1.04. The van der Waals surface area contributed by atoms with Crippen molar-refractivity contribution in [2.75, 3.05) is 19.5 Å². The van der Waals surface area contributed by atoms with Crippen molar-refractivity contribution < 1.29 is 9.53 Å². The van der Waals surface area contributed by atoms with Gasteiger partial charge in [0.1, 0.15) is 11.6 Å². The number of hydrogen-bond acceptors (Lipinski definition) is 2. The van der Waals surface area contributed by atoms with Crippen LogP contribution < -0.4 is 4.74 Å². The van der Waals surface area contributed by atoms with Crippen LogP contribution in [-0.2, 0) is 4.79 Å². The number of carbonyl (C=O) groups is 1. The first-order chi connectivity index (χ1) is 8.67. The van der Waals surface area contributed by atoms with Gasteiger partial charge >= 0.3 is 0 Å². The molecule has 5 heteroatoms. The monoisotopic (exact) mass is 331 g/mol. The van der Waals surface area contributed by atoms with E-state index >= 15 is 0 Å². The molecular weight excluding hydrogens is 318 g/mol. The van der Waals surface area contributed by atoms with Crippen LogP contribution in [0.2, 0.25) is 0 Å². The van der Waals surface area contributed by atoms with Crippen LogP contribution in [-0.4, -0.2) is 30.3 Å². The van der Waals surface area contributed by atoms with E-state index in [1.54, 1.807) is 7.11 Å². The van der Waals surface area contributed by atoms with Gasteiger partial charge in [-0.3, -0.25) is 4.79 Å². The van der Waals surface area contributed by atoms with Crippen LogP contribution in [0.3, 0.4) is 0 Å². The van der Waals surface area contributed by atoms with Gasteiger partial charge in [-0.05, 0) is 31.0 Å². The summed E-state index contributed by atoms with van der Waals surface area (Å²) in [7, 11) is 1.65. The predicted octanol–water partition coefficient (Wildman–Crippen LogP) is 3.36. The molecule has 1 aromatic carbocycles. The summed E-state index contributed by atoms with van der Waals surface area (Å²) < 4.78 is 6.37. The van der Waals surface area contributed by atoms with Crippen molar-refractivity contribution in [3.63, 3.8) is 0 Å². The Hall–Kier alpha value is -0.740. The zero-order valence-corrected chi connectivity index (χ0v) is 12.5. The van der Waals surface area contributed by atoms with Gasteiger partial charge in [-0.25, -0.2) is 0 Å². The van der Waals surface area contributed by atoms with Gasteiger partial charge < -0.3 is 9.64 Å². The van der Waals surface area contributed by atoms with E-state index in [1.165, 1.54) is 0 Å². The number of ether oxygens (including phenoxy) is 1. The molecule has 0 N–H and O–H groups in total. The van der Waals surface area contributed by atoms with Gasteiger partial charge in [-0.1, -0.05) is 15.9 Å². The van der Waals surface area contributed by atoms with Crippen molar-refractivity contribution in [3.8, 4) is 5.75 Å². The van der Waals surface area contributed by atoms with E-state index in [9.17, 15) is 4.79 Å². The largest absolute Gasteiger partial charge is 0.496 e. The standard InChI is InChI=1S/C13H15BrClNO2/c1-18-12-5-4-9(14)7-10(12)11-3-2-6-16(11)13(17)8-15/h4-5,7,11H,2-3,6,8H2,1H3. The predicted molar refractivity (Wildman–Crippen MR) is 75.1 cm³/mol. The highest BCUT2D eigenvalue weighted by atomic mass is 79.9. The first kappa shape index (κ1) is 13.7. The normalized spacial score (nSPS) is 19.1. The Balaban J connectivity index is 2.35. The molecule has 1 aromatic rings. The molecule has 0 aliphatic carbocycles. The Bertz CT molecular complexity index is 453. The summed E-state index contributed by atoms with van der Waals surface area (Å²) in [6.45, 7) is 0.770. The lowest BCUT2D eigenvalue weighted by Crippen LogP contribution is -2.31. The molecule has 0 saturated carbocycles. The Morgan fingerprint density at radius 3 is 3.06 bits per heavy atom. The van der Waals surface area contributed by atoms with E-state index in [2.05, 4.69) is 15.9 Å². The third-order valence-corrected chi connectivity index (χ3v) is 3.96. The van der Waals surface area contributed by atoms with Crippen molar-refractivity contribution in [2.24, 2.45) is 0 Å². The number of methoxy groups -OCH3 is 1. The number of amides is 1. The maximum Gasteiger partial charge on any atom is 0.238 e. The van der Waals surface area contributed by atoms with Crippen LogP contribution in [0, 0.1) is 0 Å². The molecule has 98 valence electrons. The third kappa shape index (κ3) is 2.64. The molecule has 1 aliphatic heterocycles. The first-order valence-electron chi connectivity index (χ1n) is 5.86. The zero-order valence-electron chi connectivity index (χ0n) is 10.2. The number of likely N-dealkylation sites (tertiary alicyclic amines) is 1. The summed E-state index contributed by atoms with van der Waals surface area (Å²) in [6.07, 6.45) is 1.96. The fourth-order valence-corrected chi connectivity index (χ4v) is 2.96. The molecular formula is C13H15BrClNO2. The number of nitrogens with zero attached hydrogens (tertiary/aromatic N) is 1. The van der Waals surface area contributed by atoms with Crippen LogP contribution in [0.4, 0.5) is 0 Å². The lowest BCUT2D eigenvalue weighted by molar-refractivity contribution is -0.129. The summed E-state index contributed by atoms with van der Waals surface area (Å²) in [5, 5.41) is 0. The van der Waals surface area contributed by atoms with Gasteiger partial charge in [0.15, 0.2) is 0 Å². The summed E-state index contributed by atoms with van der Waals surface area (Å²) in [5.74, 6) is 0.839. The second-order valence-corrected chi connectivity index (χ2v) is 5.45. The van der Waals surface area contributed by atoms with E-state index in [0.717, 1.165) is 35.2 Å². The first-order valence-corrected chi connectivity index (χ1v) is 7.19. The molecule has 1 amide bonds. The molecule has 1 fully saturated rings. The molecule has 3 nitrogen and oxygen atoms in total. The lowest BCUT2D eigenvalue weighted by Gasteiger charge is -2.25. The maximum absolute atomic E-state index is 11.8. The Kier molecular flexibility index (Phi) is 4.51. The van der Waals surface area contributed by atoms with Gasteiger partial charge in [0, 0.05) is 16.6 Å². The summed E-state index contributed by atoms with van der Waals surface area (Å²) >= 11 is 9.12. The highest BCUT2D eigenvalue weighted by Crippen LogP contribution is 2.38. The molecule has 0 aromatic heterocycles.